The molecule has 0 bridgehead atoms. The van der Waals surface area contributed by atoms with Crippen LogP contribution in [-0.2, 0) is 0 Å². The van der Waals surface area contributed by atoms with Crippen LogP contribution in [0.25, 0.3) is 10.9 Å². The van der Waals surface area contributed by atoms with E-state index in [1.807, 2.05) is 19.9 Å². The first-order valence-electron chi connectivity index (χ1n) is 5.56. The molecule has 0 aliphatic rings. The average Bonchev–Trinajstić information content (AvgIpc) is 2.69. The molecule has 0 aliphatic carbocycles. The fraction of sp³-hybridized carbons (Fsp3) is 0.333. The molecule has 1 amide bonds. The molecule has 5 heteroatoms. The van der Waals surface area contributed by atoms with Crippen molar-refractivity contribution in [2.24, 2.45) is 5.73 Å². The Hall–Kier alpha value is -2.04. The highest BCUT2D eigenvalue weighted by molar-refractivity contribution is 6.06. The van der Waals surface area contributed by atoms with E-state index in [1.54, 1.807) is 10.7 Å². The zero-order valence-electron chi connectivity index (χ0n) is 9.84. The number of phenols is 1. The van der Waals surface area contributed by atoms with Gasteiger partial charge < -0.3 is 10.8 Å². The van der Waals surface area contributed by atoms with Gasteiger partial charge in [-0.15, -0.1) is 0 Å². The van der Waals surface area contributed by atoms with Crippen LogP contribution in [0.5, 0.6) is 5.75 Å². The lowest BCUT2D eigenvalue weighted by molar-refractivity contribution is 0.0995. The predicted octanol–water partition coefficient (Wildman–Crippen LogP) is 1.81. The van der Waals surface area contributed by atoms with Gasteiger partial charge in [0.2, 0.25) is 0 Å². The maximum Gasteiger partial charge on any atom is 0.269 e. The van der Waals surface area contributed by atoms with Crippen molar-refractivity contribution >= 4 is 16.8 Å². The molecule has 1 aromatic heterocycles. The highest BCUT2D eigenvalue weighted by Crippen LogP contribution is 2.29. The van der Waals surface area contributed by atoms with Crippen molar-refractivity contribution < 1.29 is 9.90 Å². The van der Waals surface area contributed by atoms with E-state index in [-0.39, 0.29) is 17.5 Å². The van der Waals surface area contributed by atoms with Crippen molar-refractivity contribution in [1.29, 1.82) is 0 Å². The molecule has 0 aliphatic heterocycles. The molecule has 2 aromatic rings. The average molecular weight is 233 g/mol. The minimum Gasteiger partial charge on any atom is -0.507 e. The third kappa shape index (κ3) is 1.73. The molecule has 90 valence electrons. The van der Waals surface area contributed by atoms with Crippen LogP contribution in [0, 0.1) is 0 Å². The molecule has 0 saturated heterocycles. The number of nitrogens with two attached hydrogens (primary N) is 1. The zero-order valence-corrected chi connectivity index (χ0v) is 9.84. The minimum atomic E-state index is -0.626. The predicted molar refractivity (Wildman–Crippen MR) is 64.9 cm³/mol. The molecule has 0 radical (unpaired) electrons. The number of hydrogen-bond acceptors (Lipinski definition) is 3. The Morgan fingerprint density at radius 2 is 2.29 bits per heavy atom. The molecule has 1 heterocycles. The molecule has 1 unspecified atom stereocenters. The second kappa shape index (κ2) is 4.08. The second-order valence-electron chi connectivity index (χ2n) is 4.09. The fourth-order valence-electron chi connectivity index (χ4n) is 1.85. The van der Waals surface area contributed by atoms with Gasteiger partial charge in [-0.3, -0.25) is 9.48 Å². The van der Waals surface area contributed by atoms with Gasteiger partial charge >= 0.3 is 0 Å². The second-order valence-corrected chi connectivity index (χ2v) is 4.09. The molecule has 5 nitrogen and oxygen atoms in total. The maximum atomic E-state index is 11.3. The Morgan fingerprint density at radius 1 is 1.59 bits per heavy atom. The Morgan fingerprint density at radius 3 is 2.88 bits per heavy atom. The summed E-state index contributed by atoms with van der Waals surface area (Å²) < 4.78 is 1.73. The first-order chi connectivity index (χ1) is 8.06. The molecule has 3 N–H and O–H groups in total. The molecule has 0 saturated carbocycles. The first kappa shape index (κ1) is 11.4. The molecule has 0 spiro atoms. The van der Waals surface area contributed by atoms with Crippen molar-refractivity contribution in [1.82, 2.24) is 9.78 Å². The molecular formula is C12H15N3O2. The van der Waals surface area contributed by atoms with Crippen LogP contribution in [0.1, 0.15) is 36.8 Å². The van der Waals surface area contributed by atoms with E-state index in [0.717, 1.165) is 11.9 Å². The number of aromatic nitrogens is 2. The molecule has 0 fully saturated rings. The standard InChI is InChI=1S/C12H15N3O2/c1-3-7(2)15-8-5-4-6-9(16)10(8)11(14-15)12(13)17/h4-7,16H,3H2,1-2H3,(H2,13,17). The summed E-state index contributed by atoms with van der Waals surface area (Å²) >= 11 is 0. The zero-order chi connectivity index (χ0) is 12.6. The number of nitrogens with zero attached hydrogens (tertiary/aromatic N) is 2. The molecule has 2 rings (SSSR count). The van der Waals surface area contributed by atoms with Gasteiger partial charge in [-0.1, -0.05) is 13.0 Å². The SMILES string of the molecule is CCC(C)n1nc(C(N)=O)c2c(O)cccc21. The van der Waals surface area contributed by atoms with Gasteiger partial charge in [0.25, 0.3) is 5.91 Å². The number of phenolic OH excluding ortho intramolecular Hbond substituents is 1. The highest BCUT2D eigenvalue weighted by Gasteiger charge is 2.19. The van der Waals surface area contributed by atoms with E-state index in [0.29, 0.717) is 5.39 Å². The summed E-state index contributed by atoms with van der Waals surface area (Å²) in [6.07, 6.45) is 0.880. The Labute approximate surface area is 98.8 Å². The van der Waals surface area contributed by atoms with Crippen LogP contribution in [0.2, 0.25) is 0 Å². The van der Waals surface area contributed by atoms with Gasteiger partial charge in [-0.25, -0.2) is 0 Å². The van der Waals surface area contributed by atoms with Gasteiger partial charge in [-0.2, -0.15) is 5.10 Å². The van der Waals surface area contributed by atoms with Crippen molar-refractivity contribution in [2.75, 3.05) is 0 Å². The Bertz CT molecular complexity index is 574. The van der Waals surface area contributed by atoms with Crippen LogP contribution in [-0.4, -0.2) is 20.8 Å². The van der Waals surface area contributed by atoms with Crippen molar-refractivity contribution in [3.8, 4) is 5.75 Å². The lowest BCUT2D eigenvalue weighted by atomic mass is 10.1. The van der Waals surface area contributed by atoms with E-state index < -0.39 is 5.91 Å². The van der Waals surface area contributed by atoms with E-state index in [2.05, 4.69) is 5.10 Å². The first-order valence-corrected chi connectivity index (χ1v) is 5.56. The number of amides is 1. The third-order valence-corrected chi connectivity index (χ3v) is 2.95. The van der Waals surface area contributed by atoms with Gasteiger partial charge in [0.15, 0.2) is 5.69 Å². The maximum absolute atomic E-state index is 11.3. The number of hydrogen-bond donors (Lipinski definition) is 2. The molecule has 1 aromatic carbocycles. The molecule has 17 heavy (non-hydrogen) atoms. The van der Waals surface area contributed by atoms with Crippen LogP contribution in [0.4, 0.5) is 0 Å². The van der Waals surface area contributed by atoms with E-state index in [9.17, 15) is 9.90 Å². The van der Waals surface area contributed by atoms with Crippen LogP contribution < -0.4 is 5.73 Å². The Balaban J connectivity index is 2.80. The van der Waals surface area contributed by atoms with Crippen LogP contribution in [0.15, 0.2) is 18.2 Å². The summed E-state index contributed by atoms with van der Waals surface area (Å²) in [6, 6.07) is 5.22. The summed E-state index contributed by atoms with van der Waals surface area (Å²) in [4.78, 5) is 11.3. The number of aromatic hydroxyl groups is 1. The molecule has 1 atom stereocenters. The lowest BCUT2D eigenvalue weighted by Crippen LogP contribution is -2.13. The van der Waals surface area contributed by atoms with E-state index in [4.69, 9.17) is 5.73 Å². The lowest BCUT2D eigenvalue weighted by Gasteiger charge is -2.10. The number of carbonyl (C=O) groups is 1. The summed E-state index contributed by atoms with van der Waals surface area (Å²) in [5.74, 6) is -0.593. The minimum absolute atomic E-state index is 0.0332. The monoisotopic (exact) mass is 233 g/mol. The van der Waals surface area contributed by atoms with Crippen molar-refractivity contribution in [3.05, 3.63) is 23.9 Å². The Kier molecular flexibility index (Phi) is 2.75. The van der Waals surface area contributed by atoms with E-state index in [1.165, 1.54) is 6.07 Å². The van der Waals surface area contributed by atoms with E-state index >= 15 is 0 Å². The largest absolute Gasteiger partial charge is 0.507 e. The van der Waals surface area contributed by atoms with Gasteiger partial charge in [0, 0.05) is 6.04 Å². The number of fused-ring (bicyclic) bond motifs is 1. The summed E-state index contributed by atoms with van der Waals surface area (Å²) in [6.45, 7) is 4.03. The van der Waals surface area contributed by atoms with Gasteiger partial charge in [-0.05, 0) is 25.5 Å². The quantitative estimate of drug-likeness (QED) is 0.848. The smallest absolute Gasteiger partial charge is 0.269 e. The normalized spacial score (nSPS) is 12.8. The number of rotatable bonds is 3. The summed E-state index contributed by atoms with van der Waals surface area (Å²) in [5.41, 5.74) is 6.13. The highest BCUT2D eigenvalue weighted by atomic mass is 16.3. The number of carbonyl (C=O) groups excluding carboxylic acids is 1. The van der Waals surface area contributed by atoms with Crippen molar-refractivity contribution in [3.63, 3.8) is 0 Å². The van der Waals surface area contributed by atoms with Crippen molar-refractivity contribution in [2.45, 2.75) is 26.3 Å². The fourth-order valence-corrected chi connectivity index (χ4v) is 1.85. The topological polar surface area (TPSA) is 81.1 Å². The summed E-state index contributed by atoms with van der Waals surface area (Å²) in [5, 5.41) is 14.4. The summed E-state index contributed by atoms with van der Waals surface area (Å²) in [7, 11) is 0. The number of primary amides is 1. The van der Waals surface area contributed by atoms with Gasteiger partial charge in [0.1, 0.15) is 5.75 Å². The van der Waals surface area contributed by atoms with Crippen LogP contribution >= 0.6 is 0 Å². The van der Waals surface area contributed by atoms with Gasteiger partial charge in [0.05, 0.1) is 10.9 Å². The molecular weight excluding hydrogens is 218 g/mol. The van der Waals surface area contributed by atoms with Crippen LogP contribution in [0.3, 0.4) is 0 Å². The third-order valence-electron chi connectivity index (χ3n) is 2.95. The number of benzene rings is 1.